The number of nitrogens with one attached hydrogen (secondary N) is 1. The molecule has 6 nitrogen and oxygen atoms in total. The van der Waals surface area contributed by atoms with Crippen molar-refractivity contribution < 1.29 is 13.9 Å². The predicted molar refractivity (Wildman–Crippen MR) is 90.9 cm³/mol. The molecule has 1 aromatic carbocycles. The first kappa shape index (κ1) is 18.0. The number of carbonyl (C=O) groups excluding carboxylic acids is 1. The number of aromatic nitrogens is 2. The van der Waals surface area contributed by atoms with Crippen LogP contribution in [0.25, 0.3) is 0 Å². The summed E-state index contributed by atoms with van der Waals surface area (Å²) in [5.41, 5.74) is 0.954. The van der Waals surface area contributed by atoms with E-state index >= 15 is 0 Å². The molecule has 0 atom stereocenters. The van der Waals surface area contributed by atoms with Crippen molar-refractivity contribution in [2.24, 2.45) is 0 Å². The number of hydrogen-bond acceptors (Lipinski definition) is 5. The van der Waals surface area contributed by atoms with Crippen LogP contribution in [0.4, 0.5) is 0 Å². The Morgan fingerprint density at radius 3 is 2.29 bits per heavy atom. The fourth-order valence-electron chi connectivity index (χ4n) is 2.24. The highest BCUT2D eigenvalue weighted by Crippen LogP contribution is 2.13. The van der Waals surface area contributed by atoms with Crippen LogP contribution in [-0.4, -0.2) is 28.8 Å². The van der Waals surface area contributed by atoms with Crippen LogP contribution in [0.1, 0.15) is 44.5 Å². The van der Waals surface area contributed by atoms with Gasteiger partial charge in [-0.2, -0.15) is 0 Å². The summed E-state index contributed by atoms with van der Waals surface area (Å²) in [6.45, 7) is 5.86. The first-order valence-corrected chi connectivity index (χ1v) is 8.11. The Kier molecular flexibility index (Phi) is 5.95. The molecule has 24 heavy (non-hydrogen) atoms. The summed E-state index contributed by atoms with van der Waals surface area (Å²) in [6, 6.07) is 7.91. The zero-order valence-corrected chi connectivity index (χ0v) is 14.8. The van der Waals surface area contributed by atoms with E-state index in [0.29, 0.717) is 31.0 Å². The van der Waals surface area contributed by atoms with Crippen LogP contribution in [0.15, 0.2) is 28.7 Å². The van der Waals surface area contributed by atoms with E-state index in [4.69, 9.17) is 9.15 Å². The highest BCUT2D eigenvalue weighted by atomic mass is 16.5. The molecule has 1 aromatic heterocycles. The van der Waals surface area contributed by atoms with Gasteiger partial charge >= 0.3 is 0 Å². The van der Waals surface area contributed by atoms with Crippen LogP contribution >= 0.6 is 0 Å². The summed E-state index contributed by atoms with van der Waals surface area (Å²) in [5, 5.41) is 11.0. The molecule has 0 aliphatic carbocycles. The van der Waals surface area contributed by atoms with Crippen LogP contribution in [0, 0.1) is 0 Å². The minimum absolute atomic E-state index is 0.0134. The number of benzene rings is 1. The number of aryl methyl sites for hydroxylation is 3. The second-order valence-electron chi connectivity index (χ2n) is 6.74. The van der Waals surface area contributed by atoms with Crippen molar-refractivity contribution >= 4 is 5.91 Å². The van der Waals surface area contributed by atoms with Crippen molar-refractivity contribution in [2.75, 3.05) is 7.11 Å². The van der Waals surface area contributed by atoms with Gasteiger partial charge in [0.2, 0.25) is 17.7 Å². The van der Waals surface area contributed by atoms with E-state index in [1.165, 1.54) is 5.56 Å². The van der Waals surface area contributed by atoms with Gasteiger partial charge in [0.15, 0.2) is 0 Å². The second-order valence-corrected chi connectivity index (χ2v) is 6.74. The molecule has 1 amide bonds. The molecule has 0 spiro atoms. The molecular formula is C18H25N3O3. The normalized spacial score (nSPS) is 11.3. The maximum atomic E-state index is 11.8. The summed E-state index contributed by atoms with van der Waals surface area (Å²) in [6.07, 6.45) is 2.29. The standard InChI is InChI=1S/C18H25N3O3/c1-18(2,3)19-15(22)10-12-17-21-20-16(24-17)11-7-13-5-8-14(23-4)9-6-13/h5-6,8-9H,7,10-12H2,1-4H3,(H,19,22). The molecule has 0 aliphatic rings. The maximum Gasteiger partial charge on any atom is 0.220 e. The van der Waals surface area contributed by atoms with Gasteiger partial charge in [-0.3, -0.25) is 4.79 Å². The van der Waals surface area contributed by atoms with Gasteiger partial charge in [-0.15, -0.1) is 10.2 Å². The topological polar surface area (TPSA) is 77.2 Å². The monoisotopic (exact) mass is 331 g/mol. The van der Waals surface area contributed by atoms with Gasteiger partial charge < -0.3 is 14.5 Å². The molecular weight excluding hydrogens is 306 g/mol. The smallest absolute Gasteiger partial charge is 0.220 e. The van der Waals surface area contributed by atoms with E-state index in [-0.39, 0.29) is 11.4 Å². The number of nitrogens with zero attached hydrogens (tertiary/aromatic N) is 2. The molecule has 2 rings (SSSR count). The molecule has 0 unspecified atom stereocenters. The minimum atomic E-state index is -0.227. The van der Waals surface area contributed by atoms with Crippen LogP contribution in [-0.2, 0) is 24.1 Å². The highest BCUT2D eigenvalue weighted by Gasteiger charge is 2.15. The molecule has 0 bridgehead atoms. The Bertz CT molecular complexity index is 657. The number of ether oxygens (including phenoxy) is 1. The van der Waals surface area contributed by atoms with E-state index in [2.05, 4.69) is 15.5 Å². The first-order chi connectivity index (χ1) is 11.4. The van der Waals surface area contributed by atoms with Gasteiger partial charge in [0, 0.05) is 24.8 Å². The zero-order chi connectivity index (χ0) is 17.6. The number of methoxy groups -OCH3 is 1. The fourth-order valence-corrected chi connectivity index (χ4v) is 2.24. The first-order valence-electron chi connectivity index (χ1n) is 8.11. The van der Waals surface area contributed by atoms with Crippen molar-refractivity contribution in [1.29, 1.82) is 0 Å². The highest BCUT2D eigenvalue weighted by molar-refractivity contribution is 5.76. The molecule has 0 fully saturated rings. The molecule has 0 aliphatic heterocycles. The third-order valence-electron chi connectivity index (χ3n) is 3.38. The Morgan fingerprint density at radius 1 is 1.08 bits per heavy atom. The van der Waals surface area contributed by atoms with Crippen molar-refractivity contribution in [1.82, 2.24) is 15.5 Å². The Balaban J connectivity index is 1.79. The lowest BCUT2D eigenvalue weighted by molar-refractivity contribution is -0.122. The number of hydrogen-bond donors (Lipinski definition) is 1. The van der Waals surface area contributed by atoms with E-state index < -0.39 is 0 Å². The lowest BCUT2D eigenvalue weighted by Gasteiger charge is -2.20. The minimum Gasteiger partial charge on any atom is -0.497 e. The maximum absolute atomic E-state index is 11.8. The molecule has 1 N–H and O–H groups in total. The van der Waals surface area contributed by atoms with Gasteiger partial charge in [0.25, 0.3) is 0 Å². The van der Waals surface area contributed by atoms with E-state index in [1.54, 1.807) is 7.11 Å². The molecule has 130 valence electrons. The van der Waals surface area contributed by atoms with E-state index in [9.17, 15) is 4.79 Å². The molecule has 2 aromatic rings. The quantitative estimate of drug-likeness (QED) is 0.844. The van der Waals surface area contributed by atoms with Crippen LogP contribution in [0.5, 0.6) is 5.75 Å². The van der Waals surface area contributed by atoms with Crippen LogP contribution < -0.4 is 10.1 Å². The molecule has 0 saturated heterocycles. The van der Waals surface area contributed by atoms with Crippen LogP contribution in [0.3, 0.4) is 0 Å². The Morgan fingerprint density at radius 2 is 1.71 bits per heavy atom. The number of rotatable bonds is 7. The van der Waals surface area contributed by atoms with Gasteiger partial charge in [0.05, 0.1) is 7.11 Å². The second kappa shape index (κ2) is 7.95. The third-order valence-corrected chi connectivity index (χ3v) is 3.38. The van der Waals surface area contributed by atoms with Crippen molar-refractivity contribution in [2.45, 2.75) is 52.0 Å². The summed E-state index contributed by atoms with van der Waals surface area (Å²) in [7, 11) is 1.65. The SMILES string of the molecule is COc1ccc(CCc2nnc(CCC(=O)NC(C)(C)C)o2)cc1. The average molecular weight is 331 g/mol. The Labute approximate surface area is 142 Å². The van der Waals surface area contributed by atoms with Crippen molar-refractivity contribution in [3.8, 4) is 5.75 Å². The molecule has 1 heterocycles. The molecule has 0 saturated carbocycles. The van der Waals surface area contributed by atoms with E-state index in [1.807, 2.05) is 45.0 Å². The summed E-state index contributed by atoms with van der Waals surface area (Å²) in [5.74, 6) is 1.92. The lowest BCUT2D eigenvalue weighted by Crippen LogP contribution is -2.40. The predicted octanol–water partition coefficient (Wildman–Crippen LogP) is 2.71. The van der Waals surface area contributed by atoms with Crippen molar-refractivity contribution in [3.05, 3.63) is 41.6 Å². The van der Waals surface area contributed by atoms with Gasteiger partial charge in [-0.05, 0) is 44.9 Å². The van der Waals surface area contributed by atoms with Gasteiger partial charge in [-0.1, -0.05) is 12.1 Å². The lowest BCUT2D eigenvalue weighted by atomic mass is 10.1. The fraction of sp³-hybridized carbons (Fsp3) is 0.500. The largest absolute Gasteiger partial charge is 0.497 e. The molecule has 6 heteroatoms. The average Bonchev–Trinajstić information content (AvgIpc) is 2.98. The summed E-state index contributed by atoms with van der Waals surface area (Å²) >= 11 is 0. The van der Waals surface area contributed by atoms with Gasteiger partial charge in [-0.25, -0.2) is 0 Å². The summed E-state index contributed by atoms with van der Waals surface area (Å²) < 4.78 is 10.7. The third kappa shape index (κ3) is 6.02. The zero-order valence-electron chi connectivity index (χ0n) is 14.8. The van der Waals surface area contributed by atoms with E-state index in [0.717, 1.165) is 12.2 Å². The Hall–Kier alpha value is -2.37. The van der Waals surface area contributed by atoms with Gasteiger partial charge in [0.1, 0.15) is 5.75 Å². The summed E-state index contributed by atoms with van der Waals surface area (Å²) in [4.78, 5) is 11.8. The number of carbonyl (C=O) groups is 1. The van der Waals surface area contributed by atoms with Crippen LogP contribution in [0.2, 0.25) is 0 Å². The van der Waals surface area contributed by atoms with Crippen molar-refractivity contribution in [3.63, 3.8) is 0 Å². The molecule has 0 radical (unpaired) electrons. The number of amides is 1.